The largest absolute Gasteiger partial charge is 0.309 e. The Hall–Kier alpha value is -1.68. The van der Waals surface area contributed by atoms with Crippen LogP contribution in [0.4, 0.5) is 0 Å². The van der Waals surface area contributed by atoms with Crippen LogP contribution in [0.3, 0.4) is 0 Å². The Kier molecular flexibility index (Phi) is 5.74. The van der Waals surface area contributed by atoms with Gasteiger partial charge in [-0.15, -0.1) is 5.10 Å². The highest BCUT2D eigenvalue weighted by atomic mass is 15.4. The Morgan fingerprint density at radius 1 is 1.15 bits per heavy atom. The lowest BCUT2D eigenvalue weighted by Crippen LogP contribution is -2.21. The van der Waals surface area contributed by atoms with Crippen LogP contribution in [0.2, 0.25) is 0 Å². The van der Waals surface area contributed by atoms with Crippen molar-refractivity contribution >= 4 is 0 Å². The van der Waals surface area contributed by atoms with E-state index in [0.717, 1.165) is 31.6 Å². The Morgan fingerprint density at radius 3 is 2.70 bits per heavy atom. The average molecular weight is 272 g/mol. The van der Waals surface area contributed by atoms with Crippen molar-refractivity contribution in [2.45, 2.75) is 52.2 Å². The Morgan fingerprint density at radius 2 is 1.95 bits per heavy atom. The fourth-order valence-electron chi connectivity index (χ4n) is 2.09. The van der Waals surface area contributed by atoms with Crippen LogP contribution in [0, 0.1) is 0 Å². The van der Waals surface area contributed by atoms with Crippen molar-refractivity contribution in [1.82, 2.24) is 20.3 Å². The average Bonchev–Trinajstić information content (AvgIpc) is 2.90. The van der Waals surface area contributed by atoms with E-state index in [1.54, 1.807) is 0 Å². The fraction of sp³-hybridized carbons (Fsp3) is 0.500. The van der Waals surface area contributed by atoms with Gasteiger partial charge in [-0.2, -0.15) is 0 Å². The number of hydrogen-bond acceptors (Lipinski definition) is 3. The quantitative estimate of drug-likeness (QED) is 0.751. The molecule has 20 heavy (non-hydrogen) atoms. The third-order valence-corrected chi connectivity index (χ3v) is 3.22. The second-order valence-electron chi connectivity index (χ2n) is 5.45. The van der Waals surface area contributed by atoms with Crippen LogP contribution in [-0.4, -0.2) is 21.0 Å². The van der Waals surface area contributed by atoms with E-state index in [9.17, 15) is 0 Å². The summed E-state index contributed by atoms with van der Waals surface area (Å²) in [5, 5.41) is 11.7. The molecule has 0 aliphatic rings. The highest BCUT2D eigenvalue weighted by Gasteiger charge is 2.01. The zero-order valence-corrected chi connectivity index (χ0v) is 12.4. The maximum Gasteiger partial charge on any atom is 0.0964 e. The van der Waals surface area contributed by atoms with Gasteiger partial charge in [-0.25, -0.2) is 0 Å². The molecule has 0 aliphatic heterocycles. The van der Waals surface area contributed by atoms with Crippen molar-refractivity contribution < 1.29 is 0 Å². The van der Waals surface area contributed by atoms with Gasteiger partial charge in [-0.05, 0) is 24.8 Å². The predicted molar refractivity (Wildman–Crippen MR) is 81.4 cm³/mol. The molecule has 108 valence electrons. The van der Waals surface area contributed by atoms with Crippen LogP contribution in [0.1, 0.15) is 37.9 Å². The van der Waals surface area contributed by atoms with Gasteiger partial charge in [0.25, 0.3) is 0 Å². The fourth-order valence-corrected chi connectivity index (χ4v) is 2.09. The molecule has 0 saturated heterocycles. The van der Waals surface area contributed by atoms with Gasteiger partial charge in [0.15, 0.2) is 0 Å². The summed E-state index contributed by atoms with van der Waals surface area (Å²) >= 11 is 0. The smallest absolute Gasteiger partial charge is 0.0964 e. The van der Waals surface area contributed by atoms with E-state index in [1.165, 1.54) is 12.0 Å². The normalized spacial score (nSPS) is 11.2. The predicted octanol–water partition coefficient (Wildman–Crippen LogP) is 2.80. The topological polar surface area (TPSA) is 42.7 Å². The maximum atomic E-state index is 4.18. The first-order valence-corrected chi connectivity index (χ1v) is 7.40. The molecule has 1 N–H and O–H groups in total. The molecule has 1 aromatic heterocycles. The molecule has 4 heteroatoms. The molecule has 1 aromatic carbocycles. The summed E-state index contributed by atoms with van der Waals surface area (Å²) < 4.78 is 1.95. The Balaban J connectivity index is 1.67. The molecule has 0 saturated carbocycles. The minimum atomic E-state index is 0.478. The van der Waals surface area contributed by atoms with Gasteiger partial charge in [-0.3, -0.25) is 4.68 Å². The molecule has 4 nitrogen and oxygen atoms in total. The monoisotopic (exact) mass is 272 g/mol. The molecule has 0 bridgehead atoms. The molecule has 0 atom stereocenters. The van der Waals surface area contributed by atoms with Gasteiger partial charge in [0, 0.05) is 25.3 Å². The molecule has 0 radical (unpaired) electrons. The van der Waals surface area contributed by atoms with E-state index < -0.39 is 0 Å². The zero-order valence-electron chi connectivity index (χ0n) is 12.4. The van der Waals surface area contributed by atoms with E-state index in [-0.39, 0.29) is 0 Å². The highest BCUT2D eigenvalue weighted by molar-refractivity contribution is 5.14. The first-order chi connectivity index (χ1) is 9.74. The second kappa shape index (κ2) is 7.80. The number of unbranched alkanes of at least 4 members (excludes halogenated alkanes) is 1. The van der Waals surface area contributed by atoms with Crippen molar-refractivity contribution in [2.24, 2.45) is 0 Å². The summed E-state index contributed by atoms with van der Waals surface area (Å²) in [5.74, 6) is 0. The molecule has 1 heterocycles. The summed E-state index contributed by atoms with van der Waals surface area (Å²) in [7, 11) is 0. The summed E-state index contributed by atoms with van der Waals surface area (Å²) in [6.07, 6.45) is 5.49. The van der Waals surface area contributed by atoms with E-state index in [2.05, 4.69) is 59.8 Å². The summed E-state index contributed by atoms with van der Waals surface area (Å²) in [6, 6.07) is 11.1. The molecule has 0 aliphatic carbocycles. The molecular weight excluding hydrogens is 248 g/mol. The van der Waals surface area contributed by atoms with Gasteiger partial charge >= 0.3 is 0 Å². The van der Waals surface area contributed by atoms with Crippen molar-refractivity contribution in [2.75, 3.05) is 0 Å². The maximum absolute atomic E-state index is 4.18. The molecule has 0 unspecified atom stereocenters. The third kappa shape index (κ3) is 5.13. The molecule has 0 fully saturated rings. The van der Waals surface area contributed by atoms with Crippen LogP contribution in [0.25, 0.3) is 0 Å². The van der Waals surface area contributed by atoms with Gasteiger partial charge in [0.05, 0.1) is 5.69 Å². The molecule has 0 amide bonds. The van der Waals surface area contributed by atoms with E-state index in [1.807, 2.05) is 10.9 Å². The number of aryl methyl sites for hydroxylation is 2. The van der Waals surface area contributed by atoms with Crippen LogP contribution in [0.15, 0.2) is 36.5 Å². The van der Waals surface area contributed by atoms with Gasteiger partial charge in [0.1, 0.15) is 0 Å². The Bertz CT molecular complexity index is 490. The summed E-state index contributed by atoms with van der Waals surface area (Å²) in [6.45, 7) is 6.01. The number of nitrogens with zero attached hydrogens (tertiary/aromatic N) is 3. The van der Waals surface area contributed by atoms with Gasteiger partial charge in [-0.1, -0.05) is 49.4 Å². The van der Waals surface area contributed by atoms with Crippen molar-refractivity contribution in [3.63, 3.8) is 0 Å². The molecule has 2 aromatic rings. The second-order valence-corrected chi connectivity index (χ2v) is 5.45. The van der Waals surface area contributed by atoms with E-state index >= 15 is 0 Å². The van der Waals surface area contributed by atoms with E-state index in [0.29, 0.717) is 6.04 Å². The van der Waals surface area contributed by atoms with Gasteiger partial charge < -0.3 is 5.32 Å². The minimum absolute atomic E-state index is 0.478. The number of aromatic nitrogens is 3. The number of nitrogens with one attached hydrogen (secondary N) is 1. The highest BCUT2D eigenvalue weighted by Crippen LogP contribution is 2.05. The standard InChI is InChI=1S/C16H24N4/c1-14(2)17-12-16-13-20(19-18-16)11-7-6-10-15-8-4-3-5-9-15/h3-5,8-9,13-14,17H,6-7,10-12H2,1-2H3. The minimum Gasteiger partial charge on any atom is -0.309 e. The van der Waals surface area contributed by atoms with Crippen molar-refractivity contribution in [1.29, 1.82) is 0 Å². The summed E-state index contributed by atoms with van der Waals surface area (Å²) in [5.41, 5.74) is 2.43. The third-order valence-electron chi connectivity index (χ3n) is 3.22. The zero-order chi connectivity index (χ0) is 14.2. The first kappa shape index (κ1) is 14.7. The van der Waals surface area contributed by atoms with Gasteiger partial charge in [0.2, 0.25) is 0 Å². The van der Waals surface area contributed by atoms with Crippen LogP contribution < -0.4 is 5.32 Å². The molecule has 2 rings (SSSR count). The van der Waals surface area contributed by atoms with Crippen LogP contribution in [-0.2, 0) is 19.5 Å². The van der Waals surface area contributed by atoms with Crippen LogP contribution >= 0.6 is 0 Å². The van der Waals surface area contributed by atoms with Crippen molar-refractivity contribution in [3.05, 3.63) is 47.8 Å². The first-order valence-electron chi connectivity index (χ1n) is 7.40. The van der Waals surface area contributed by atoms with Crippen molar-refractivity contribution in [3.8, 4) is 0 Å². The lowest BCUT2D eigenvalue weighted by atomic mass is 10.1. The number of benzene rings is 1. The lowest BCUT2D eigenvalue weighted by molar-refractivity contribution is 0.541. The van der Waals surface area contributed by atoms with E-state index in [4.69, 9.17) is 0 Å². The number of hydrogen-bond donors (Lipinski definition) is 1. The number of rotatable bonds is 8. The molecule has 0 spiro atoms. The summed E-state index contributed by atoms with van der Waals surface area (Å²) in [4.78, 5) is 0. The van der Waals surface area contributed by atoms with Crippen LogP contribution in [0.5, 0.6) is 0 Å². The SMILES string of the molecule is CC(C)NCc1cn(CCCCc2ccccc2)nn1. The lowest BCUT2D eigenvalue weighted by Gasteiger charge is -2.04. The molecular formula is C16H24N4. The Labute approximate surface area is 121 Å².